The Kier molecular flexibility index (Phi) is 7.48. The molecule has 1 saturated heterocycles. The van der Waals surface area contributed by atoms with Gasteiger partial charge in [-0.15, -0.1) is 11.3 Å². The summed E-state index contributed by atoms with van der Waals surface area (Å²) in [6, 6.07) is 10.5. The Morgan fingerprint density at radius 3 is 2.75 bits per heavy atom. The van der Waals surface area contributed by atoms with E-state index in [1.54, 1.807) is 11.3 Å². The number of ether oxygens (including phenoxy) is 2. The number of carbonyl (C=O) groups excluding carboxylic acids is 1. The van der Waals surface area contributed by atoms with Crippen LogP contribution < -0.4 is 10.1 Å². The van der Waals surface area contributed by atoms with Crippen molar-refractivity contribution in [2.45, 2.75) is 32.7 Å². The fraction of sp³-hybridized carbons (Fsp3) is 0.500. The second-order valence-electron chi connectivity index (χ2n) is 7.47. The number of amides is 1. The molecule has 1 aromatic heterocycles. The molecule has 1 N–H and O–H groups in total. The normalized spacial score (nSPS) is 16.1. The molecule has 6 heteroatoms. The van der Waals surface area contributed by atoms with Crippen LogP contribution in [-0.4, -0.2) is 50.3 Å². The fourth-order valence-electron chi connectivity index (χ4n) is 3.43. The number of carbonyl (C=O) groups is 1. The van der Waals surface area contributed by atoms with Crippen molar-refractivity contribution < 1.29 is 14.3 Å². The van der Waals surface area contributed by atoms with Gasteiger partial charge in [0, 0.05) is 24.5 Å². The van der Waals surface area contributed by atoms with Gasteiger partial charge in [0.1, 0.15) is 5.75 Å². The topological polar surface area (TPSA) is 50.8 Å². The molecule has 152 valence electrons. The molecule has 0 saturated carbocycles. The standard InChI is InChI=1S/C22H30N2O3S/c1-16(2)18-7-6-17(3)13-20(18)27-15-22(25)23-14-19(21-5-4-12-28-21)24-8-10-26-11-9-24/h4-7,12-13,16,19H,8-11,14-15H2,1-3H3,(H,23,25)/t19-/m0/s1. The molecule has 0 radical (unpaired) electrons. The quantitative estimate of drug-likeness (QED) is 0.731. The zero-order chi connectivity index (χ0) is 19.9. The maximum absolute atomic E-state index is 12.5. The van der Waals surface area contributed by atoms with Gasteiger partial charge in [0.05, 0.1) is 19.3 Å². The SMILES string of the molecule is Cc1ccc(C(C)C)c(OCC(=O)NC[C@@H](c2cccs2)N2CCOCC2)c1. The van der Waals surface area contributed by atoms with Gasteiger partial charge in [-0.05, 0) is 41.5 Å². The molecule has 1 atom stereocenters. The van der Waals surface area contributed by atoms with Crippen LogP contribution in [0.5, 0.6) is 5.75 Å². The van der Waals surface area contributed by atoms with Crippen LogP contribution in [0.3, 0.4) is 0 Å². The monoisotopic (exact) mass is 402 g/mol. The third-order valence-electron chi connectivity index (χ3n) is 5.00. The molecule has 5 nitrogen and oxygen atoms in total. The van der Waals surface area contributed by atoms with Crippen LogP contribution in [0.2, 0.25) is 0 Å². The summed E-state index contributed by atoms with van der Waals surface area (Å²) in [6.45, 7) is 10.2. The highest BCUT2D eigenvalue weighted by Crippen LogP contribution is 2.28. The molecular formula is C22H30N2O3S. The fourth-order valence-corrected chi connectivity index (χ4v) is 4.29. The van der Waals surface area contributed by atoms with E-state index in [-0.39, 0.29) is 18.6 Å². The molecule has 1 aliphatic heterocycles. The summed E-state index contributed by atoms with van der Waals surface area (Å²) in [5.74, 6) is 1.06. The molecule has 2 aromatic rings. The summed E-state index contributed by atoms with van der Waals surface area (Å²) in [4.78, 5) is 16.1. The number of hydrogen-bond acceptors (Lipinski definition) is 5. The van der Waals surface area contributed by atoms with Gasteiger partial charge in [0.2, 0.25) is 0 Å². The molecule has 2 heterocycles. The van der Waals surface area contributed by atoms with E-state index in [2.05, 4.69) is 53.7 Å². The molecule has 1 amide bonds. The summed E-state index contributed by atoms with van der Waals surface area (Å²) in [7, 11) is 0. The highest BCUT2D eigenvalue weighted by molar-refractivity contribution is 7.10. The van der Waals surface area contributed by atoms with E-state index in [1.807, 2.05) is 13.0 Å². The van der Waals surface area contributed by atoms with Crippen molar-refractivity contribution in [1.29, 1.82) is 0 Å². The minimum atomic E-state index is -0.0916. The Hall–Kier alpha value is -1.89. The zero-order valence-electron chi connectivity index (χ0n) is 16.9. The Balaban J connectivity index is 1.57. The predicted molar refractivity (Wildman–Crippen MR) is 113 cm³/mol. The molecule has 1 aliphatic rings. The van der Waals surface area contributed by atoms with E-state index in [0.717, 1.165) is 43.2 Å². The van der Waals surface area contributed by atoms with Crippen LogP contribution >= 0.6 is 11.3 Å². The molecular weight excluding hydrogens is 372 g/mol. The highest BCUT2D eigenvalue weighted by Gasteiger charge is 2.24. The molecule has 3 rings (SSSR count). The van der Waals surface area contributed by atoms with E-state index in [9.17, 15) is 4.79 Å². The zero-order valence-corrected chi connectivity index (χ0v) is 17.8. The lowest BCUT2D eigenvalue weighted by molar-refractivity contribution is -0.123. The predicted octanol–water partition coefficient (Wildman–Crippen LogP) is 3.75. The van der Waals surface area contributed by atoms with Crippen molar-refractivity contribution in [2.75, 3.05) is 39.5 Å². The number of benzene rings is 1. The minimum absolute atomic E-state index is 0.0312. The van der Waals surface area contributed by atoms with Gasteiger partial charge in [0.15, 0.2) is 6.61 Å². The molecule has 0 aliphatic carbocycles. The Bertz CT molecular complexity index is 755. The first-order valence-electron chi connectivity index (χ1n) is 9.90. The van der Waals surface area contributed by atoms with Crippen LogP contribution in [0.25, 0.3) is 0 Å². The molecule has 0 spiro atoms. The lowest BCUT2D eigenvalue weighted by Crippen LogP contribution is -2.44. The van der Waals surface area contributed by atoms with E-state index in [1.165, 1.54) is 4.88 Å². The van der Waals surface area contributed by atoms with Crippen LogP contribution in [0.15, 0.2) is 35.7 Å². The Labute approximate surface area is 171 Å². The van der Waals surface area contributed by atoms with Gasteiger partial charge in [0.25, 0.3) is 5.91 Å². The maximum Gasteiger partial charge on any atom is 0.258 e. The average molecular weight is 403 g/mol. The van der Waals surface area contributed by atoms with Crippen molar-refractivity contribution in [2.24, 2.45) is 0 Å². The number of morpholine rings is 1. The van der Waals surface area contributed by atoms with Gasteiger partial charge < -0.3 is 14.8 Å². The first-order chi connectivity index (χ1) is 13.5. The van der Waals surface area contributed by atoms with Crippen LogP contribution in [0.4, 0.5) is 0 Å². The average Bonchev–Trinajstić information content (AvgIpc) is 3.21. The number of thiophene rings is 1. The van der Waals surface area contributed by atoms with Gasteiger partial charge in [-0.1, -0.05) is 32.0 Å². The van der Waals surface area contributed by atoms with Crippen molar-refractivity contribution in [3.05, 3.63) is 51.7 Å². The Morgan fingerprint density at radius 2 is 2.07 bits per heavy atom. The summed E-state index contributed by atoms with van der Waals surface area (Å²) < 4.78 is 11.3. The molecule has 0 bridgehead atoms. The molecule has 1 fully saturated rings. The van der Waals surface area contributed by atoms with Gasteiger partial charge in [-0.25, -0.2) is 0 Å². The van der Waals surface area contributed by atoms with E-state index in [4.69, 9.17) is 9.47 Å². The van der Waals surface area contributed by atoms with Gasteiger partial charge >= 0.3 is 0 Å². The smallest absolute Gasteiger partial charge is 0.258 e. The second-order valence-corrected chi connectivity index (χ2v) is 8.45. The summed E-state index contributed by atoms with van der Waals surface area (Å²) in [5, 5.41) is 5.14. The van der Waals surface area contributed by atoms with Crippen molar-refractivity contribution in [1.82, 2.24) is 10.2 Å². The lowest BCUT2D eigenvalue weighted by Gasteiger charge is -2.34. The highest BCUT2D eigenvalue weighted by atomic mass is 32.1. The Morgan fingerprint density at radius 1 is 1.29 bits per heavy atom. The number of aryl methyl sites for hydroxylation is 1. The molecule has 0 unspecified atom stereocenters. The first-order valence-corrected chi connectivity index (χ1v) is 10.8. The van der Waals surface area contributed by atoms with Crippen molar-refractivity contribution in [3.63, 3.8) is 0 Å². The van der Waals surface area contributed by atoms with E-state index in [0.29, 0.717) is 12.5 Å². The first kappa shape index (κ1) is 20.8. The second kappa shape index (κ2) is 10.0. The number of hydrogen-bond donors (Lipinski definition) is 1. The number of rotatable bonds is 8. The van der Waals surface area contributed by atoms with Crippen LogP contribution in [0.1, 0.15) is 41.8 Å². The van der Waals surface area contributed by atoms with E-state index >= 15 is 0 Å². The van der Waals surface area contributed by atoms with Gasteiger partial charge in [-0.3, -0.25) is 9.69 Å². The van der Waals surface area contributed by atoms with Gasteiger partial charge in [-0.2, -0.15) is 0 Å². The lowest BCUT2D eigenvalue weighted by atomic mass is 10.0. The summed E-state index contributed by atoms with van der Waals surface area (Å²) in [5.41, 5.74) is 2.26. The molecule has 1 aromatic carbocycles. The summed E-state index contributed by atoms with van der Waals surface area (Å²) >= 11 is 1.73. The van der Waals surface area contributed by atoms with E-state index < -0.39 is 0 Å². The van der Waals surface area contributed by atoms with Crippen molar-refractivity contribution >= 4 is 17.2 Å². The molecule has 28 heavy (non-hydrogen) atoms. The number of nitrogens with zero attached hydrogens (tertiary/aromatic N) is 1. The third-order valence-corrected chi connectivity index (χ3v) is 5.97. The summed E-state index contributed by atoms with van der Waals surface area (Å²) in [6.07, 6.45) is 0. The van der Waals surface area contributed by atoms with Crippen LogP contribution in [-0.2, 0) is 9.53 Å². The minimum Gasteiger partial charge on any atom is -0.483 e. The maximum atomic E-state index is 12.5. The largest absolute Gasteiger partial charge is 0.483 e. The van der Waals surface area contributed by atoms with Crippen LogP contribution in [0, 0.1) is 6.92 Å². The number of nitrogens with one attached hydrogen (secondary N) is 1. The van der Waals surface area contributed by atoms with Crippen molar-refractivity contribution in [3.8, 4) is 5.75 Å². The third kappa shape index (κ3) is 5.56.